The highest BCUT2D eigenvalue weighted by atomic mass is 35.5. The van der Waals surface area contributed by atoms with E-state index in [2.05, 4.69) is 48.5 Å². The van der Waals surface area contributed by atoms with Crippen molar-refractivity contribution < 1.29 is 19.4 Å². The van der Waals surface area contributed by atoms with Crippen molar-refractivity contribution in [3.8, 4) is 33.8 Å². The lowest BCUT2D eigenvalue weighted by Crippen LogP contribution is -2.20. The minimum Gasteiger partial charge on any atom is -0.490 e. The summed E-state index contributed by atoms with van der Waals surface area (Å²) in [5, 5.41) is 8.92. The first-order valence-electron chi connectivity index (χ1n) is 13.2. The summed E-state index contributed by atoms with van der Waals surface area (Å²) in [6, 6.07) is 39.0. The summed E-state index contributed by atoms with van der Waals surface area (Å²) in [7, 11) is 0. The van der Waals surface area contributed by atoms with Crippen LogP contribution in [0.4, 0.5) is 11.4 Å². The molecule has 1 atom stereocenters. The number of nitrogen functional groups attached to an aromatic ring is 2. The number of nitrogens with two attached hydrogens (primary N) is 2. The number of benzene rings is 5. The van der Waals surface area contributed by atoms with Gasteiger partial charge in [-0.3, -0.25) is 0 Å². The number of alkyl halides is 1. The maximum atomic E-state index is 10.9. The fourth-order valence-corrected chi connectivity index (χ4v) is 4.63. The Bertz CT molecular complexity index is 1610. The average Bonchev–Trinajstić information content (AvgIpc) is 3.00. The van der Waals surface area contributed by atoms with Crippen LogP contribution in [-0.2, 0) is 4.79 Å². The van der Waals surface area contributed by atoms with Crippen LogP contribution in [0, 0.1) is 0 Å². The number of rotatable bonds is 10. The molecule has 0 amide bonds. The highest BCUT2D eigenvalue weighted by Gasteiger charge is 2.15. The van der Waals surface area contributed by atoms with Gasteiger partial charge in [-0.05, 0) is 93.6 Å². The molecule has 42 heavy (non-hydrogen) atoms. The van der Waals surface area contributed by atoms with E-state index in [1.54, 1.807) is 24.3 Å². The first-order chi connectivity index (χ1) is 20.4. The van der Waals surface area contributed by atoms with Gasteiger partial charge < -0.3 is 26.0 Å². The zero-order chi connectivity index (χ0) is 29.5. The van der Waals surface area contributed by atoms with Crippen LogP contribution >= 0.6 is 11.6 Å². The predicted octanol–water partition coefficient (Wildman–Crippen LogP) is 7.72. The highest BCUT2D eigenvalue weighted by Crippen LogP contribution is 2.30. The van der Waals surface area contributed by atoms with Crippen molar-refractivity contribution in [3.05, 3.63) is 139 Å². The Labute approximate surface area is 249 Å². The Morgan fingerprint density at radius 1 is 0.690 bits per heavy atom. The normalized spacial score (nSPS) is 11.4. The quantitative estimate of drug-likeness (QED) is 0.116. The summed E-state index contributed by atoms with van der Waals surface area (Å²) in [6.07, 6.45) is 2.04. The maximum absolute atomic E-state index is 10.9. The van der Waals surface area contributed by atoms with Gasteiger partial charge >= 0.3 is 5.97 Å². The van der Waals surface area contributed by atoms with E-state index >= 15 is 0 Å². The third-order valence-corrected chi connectivity index (χ3v) is 6.90. The second kappa shape index (κ2) is 13.0. The van der Waals surface area contributed by atoms with Crippen LogP contribution in [0.1, 0.15) is 11.1 Å². The van der Waals surface area contributed by atoms with Crippen LogP contribution in [0.5, 0.6) is 11.5 Å². The number of anilines is 2. The Balaban J connectivity index is 1.39. The van der Waals surface area contributed by atoms with E-state index in [-0.39, 0.29) is 0 Å². The van der Waals surface area contributed by atoms with Gasteiger partial charge in [0, 0.05) is 11.4 Å². The number of carbonyl (C=O) groups is 1. The van der Waals surface area contributed by atoms with E-state index in [0.29, 0.717) is 18.1 Å². The molecule has 1 unspecified atom stereocenters. The van der Waals surface area contributed by atoms with E-state index in [1.165, 1.54) is 0 Å². The Kier molecular flexibility index (Phi) is 8.75. The Morgan fingerprint density at radius 2 is 1.17 bits per heavy atom. The molecule has 6 nitrogen and oxygen atoms in total. The molecule has 7 heteroatoms. The van der Waals surface area contributed by atoms with Crippen molar-refractivity contribution in [2.45, 2.75) is 5.56 Å². The number of aliphatic carboxylic acids is 1. The maximum Gasteiger partial charge on any atom is 0.360 e. The molecule has 0 radical (unpaired) electrons. The molecule has 5 N–H and O–H groups in total. The van der Waals surface area contributed by atoms with Crippen LogP contribution < -0.4 is 20.9 Å². The molecule has 5 aromatic carbocycles. The van der Waals surface area contributed by atoms with Crippen molar-refractivity contribution in [1.82, 2.24) is 0 Å². The van der Waals surface area contributed by atoms with E-state index in [9.17, 15) is 4.79 Å². The zero-order valence-electron chi connectivity index (χ0n) is 22.6. The van der Waals surface area contributed by atoms with Crippen molar-refractivity contribution in [1.29, 1.82) is 0 Å². The molecule has 0 aliphatic rings. The number of hydrogen-bond acceptors (Lipinski definition) is 5. The van der Waals surface area contributed by atoms with E-state index in [0.717, 1.165) is 50.3 Å². The summed E-state index contributed by atoms with van der Waals surface area (Å²) in [5.41, 5.74) is 19.3. The molecule has 0 saturated heterocycles. The smallest absolute Gasteiger partial charge is 0.360 e. The number of hydrogen-bond donors (Lipinski definition) is 3. The van der Waals surface area contributed by atoms with Gasteiger partial charge in [-0.1, -0.05) is 84.4 Å². The lowest BCUT2D eigenvalue weighted by molar-refractivity contribution is -0.141. The van der Waals surface area contributed by atoms with Crippen LogP contribution in [0.25, 0.3) is 27.8 Å². The molecular formula is C35H29ClN2O4. The molecule has 0 bridgehead atoms. The molecule has 0 aromatic heterocycles. The van der Waals surface area contributed by atoms with Crippen LogP contribution in [0.3, 0.4) is 0 Å². The summed E-state index contributed by atoms with van der Waals surface area (Å²) in [4.78, 5) is 10.9. The van der Waals surface area contributed by atoms with E-state index < -0.39 is 11.5 Å². The SMILES string of the molecule is Nc1cccc(-c2ccc(C(=CCOc3ccc(OC(Cl)C(=O)O)cc3)c3ccc(-c4cccc(N)c4)cc3)cc2)c1. The number of halogens is 1. The van der Waals surface area contributed by atoms with Gasteiger partial charge in [0.25, 0.3) is 5.56 Å². The lowest BCUT2D eigenvalue weighted by atomic mass is 9.94. The molecule has 0 spiro atoms. The van der Waals surface area contributed by atoms with Gasteiger partial charge in [-0.2, -0.15) is 0 Å². The zero-order valence-corrected chi connectivity index (χ0v) is 23.4. The third-order valence-electron chi connectivity index (χ3n) is 6.63. The molecule has 5 rings (SSSR count). The molecule has 0 fully saturated rings. The summed E-state index contributed by atoms with van der Waals surface area (Å²) in [5.74, 6) is -0.313. The van der Waals surface area contributed by atoms with E-state index in [4.69, 9.17) is 37.6 Å². The summed E-state index contributed by atoms with van der Waals surface area (Å²) in [6.45, 7) is 0.302. The first-order valence-corrected chi connectivity index (χ1v) is 13.7. The lowest BCUT2D eigenvalue weighted by Gasteiger charge is -2.13. The van der Waals surface area contributed by atoms with Gasteiger partial charge in [0.2, 0.25) is 0 Å². The Hall–Kier alpha value is -5.20. The van der Waals surface area contributed by atoms with Crippen LogP contribution in [0.15, 0.2) is 127 Å². The van der Waals surface area contributed by atoms with Gasteiger partial charge in [-0.25, -0.2) is 4.79 Å². The predicted molar refractivity (Wildman–Crippen MR) is 170 cm³/mol. The number of carboxylic acids is 1. The van der Waals surface area contributed by atoms with Crippen LogP contribution in [0.2, 0.25) is 0 Å². The molecule has 0 saturated carbocycles. The van der Waals surface area contributed by atoms with Crippen molar-refractivity contribution >= 4 is 34.5 Å². The molecule has 0 heterocycles. The summed E-state index contributed by atoms with van der Waals surface area (Å²) >= 11 is 5.66. The van der Waals surface area contributed by atoms with E-state index in [1.807, 2.05) is 54.6 Å². The molecule has 0 aliphatic heterocycles. The first kappa shape index (κ1) is 28.3. The van der Waals surface area contributed by atoms with Crippen molar-refractivity contribution in [2.24, 2.45) is 0 Å². The fourth-order valence-electron chi connectivity index (χ4n) is 4.53. The minimum absolute atomic E-state index is 0.302. The fraction of sp³-hybridized carbons (Fsp3) is 0.0571. The number of ether oxygens (including phenoxy) is 2. The van der Waals surface area contributed by atoms with Crippen molar-refractivity contribution in [2.75, 3.05) is 18.1 Å². The Morgan fingerprint density at radius 3 is 1.62 bits per heavy atom. The average molecular weight is 577 g/mol. The second-order valence-electron chi connectivity index (χ2n) is 9.58. The largest absolute Gasteiger partial charge is 0.490 e. The summed E-state index contributed by atoms with van der Waals surface area (Å²) < 4.78 is 11.2. The van der Waals surface area contributed by atoms with Crippen LogP contribution in [-0.4, -0.2) is 23.2 Å². The minimum atomic E-state index is -1.46. The molecular weight excluding hydrogens is 548 g/mol. The topological polar surface area (TPSA) is 108 Å². The van der Waals surface area contributed by atoms with Gasteiger partial charge in [-0.15, -0.1) is 0 Å². The number of carboxylic acid groups (broad SMARTS) is 1. The molecule has 0 aliphatic carbocycles. The standard InChI is InChI=1S/C35H29ClN2O4/c36-34(35(39)40)42-32-17-15-31(16-18-32)41-20-19-33(25-11-7-23(8-12-25)27-3-1-5-29(37)21-27)26-13-9-24(10-14-26)28-4-2-6-30(38)22-28/h1-19,21-22,34H,20,37-38H2,(H,39,40). The monoisotopic (exact) mass is 576 g/mol. The van der Waals surface area contributed by atoms with Crippen molar-refractivity contribution in [3.63, 3.8) is 0 Å². The van der Waals surface area contributed by atoms with Gasteiger partial charge in [0.05, 0.1) is 0 Å². The molecule has 210 valence electrons. The van der Waals surface area contributed by atoms with Gasteiger partial charge in [0.1, 0.15) is 18.1 Å². The molecule has 5 aromatic rings. The van der Waals surface area contributed by atoms with Gasteiger partial charge in [0.15, 0.2) is 0 Å². The second-order valence-corrected chi connectivity index (χ2v) is 9.97. The highest BCUT2D eigenvalue weighted by molar-refractivity contribution is 6.28. The third kappa shape index (κ3) is 7.11.